The molecule has 0 bridgehead atoms. The van der Waals surface area contributed by atoms with Crippen molar-refractivity contribution in [2.24, 2.45) is 0 Å². The van der Waals surface area contributed by atoms with E-state index in [4.69, 9.17) is 9.47 Å². The minimum absolute atomic E-state index is 0. The fourth-order valence-corrected chi connectivity index (χ4v) is 1.83. The van der Waals surface area contributed by atoms with E-state index in [0.29, 0.717) is 0 Å². The number of nitrogens with zero attached hydrogens (tertiary/aromatic N) is 2. The summed E-state index contributed by atoms with van der Waals surface area (Å²) in [5.74, 6) is 0. The lowest BCUT2D eigenvalue weighted by Crippen LogP contribution is -2.35. The molecule has 2 fully saturated rings. The van der Waals surface area contributed by atoms with E-state index in [1.807, 2.05) is 0 Å². The van der Waals surface area contributed by atoms with Crippen LogP contribution in [0.3, 0.4) is 0 Å². The van der Waals surface area contributed by atoms with Crippen LogP contribution in [0.5, 0.6) is 0 Å². The molecule has 0 aromatic heterocycles. The molecule has 2 aliphatic rings. The van der Waals surface area contributed by atoms with E-state index in [1.165, 1.54) is 25.9 Å². The van der Waals surface area contributed by atoms with E-state index in [1.54, 1.807) is 0 Å². The van der Waals surface area contributed by atoms with Crippen LogP contribution >= 0.6 is 0 Å². The molecule has 2 heterocycles. The van der Waals surface area contributed by atoms with Crippen LogP contribution in [0.1, 0.15) is 40.5 Å². The van der Waals surface area contributed by atoms with Gasteiger partial charge in [0.25, 0.3) is 0 Å². The maximum atomic E-state index is 5.16. The largest absolute Gasteiger partial charge is 0.412 e. The molecule has 0 radical (unpaired) electrons. The summed E-state index contributed by atoms with van der Waals surface area (Å²) in [6, 6.07) is 0. The molecular weight excluding hydrogens is 284 g/mol. The highest BCUT2D eigenvalue weighted by molar-refractivity contribution is 4.58. The van der Waals surface area contributed by atoms with Crippen molar-refractivity contribution >= 4 is 0 Å². The predicted molar refractivity (Wildman–Crippen MR) is 93.7 cm³/mol. The zero-order valence-corrected chi connectivity index (χ0v) is 15.2. The van der Waals surface area contributed by atoms with Crippen LogP contribution in [0.2, 0.25) is 0 Å². The number of hydrogen-bond donors (Lipinski definition) is 0. The molecule has 4 N–H and O–H groups in total. The molecule has 0 unspecified atom stereocenters. The Kier molecular flexibility index (Phi) is 25.1. The summed E-state index contributed by atoms with van der Waals surface area (Å²) in [6.07, 6.45) is 2.64. The predicted octanol–water partition coefficient (Wildman–Crippen LogP) is 0.834. The van der Waals surface area contributed by atoms with Crippen molar-refractivity contribution in [1.82, 2.24) is 9.80 Å². The number of likely N-dealkylation sites (N-methyl/N-ethyl adjacent to an activating group) is 2. The second-order valence-corrected chi connectivity index (χ2v) is 5.09. The Morgan fingerprint density at radius 3 is 1.00 bits per heavy atom. The van der Waals surface area contributed by atoms with Crippen molar-refractivity contribution in [3.63, 3.8) is 0 Å². The average molecular weight is 325 g/mol. The highest BCUT2D eigenvalue weighted by Crippen LogP contribution is 1.94. The zero-order valence-electron chi connectivity index (χ0n) is 15.2. The van der Waals surface area contributed by atoms with Crippen molar-refractivity contribution in [1.29, 1.82) is 0 Å². The van der Waals surface area contributed by atoms with Crippen LogP contribution < -0.4 is 0 Å². The molecule has 6 heteroatoms. The number of unbranched alkanes of at least 4 members (excludes halogenated alkanes) is 1. The fraction of sp³-hybridized carbons (Fsp3) is 1.00. The van der Waals surface area contributed by atoms with Gasteiger partial charge in [0.2, 0.25) is 0 Å². The minimum atomic E-state index is 0. The Labute approximate surface area is 137 Å². The number of hydrogen-bond acceptors (Lipinski definition) is 4. The molecule has 0 aromatic carbocycles. The molecular formula is C16H40N2O4. The lowest BCUT2D eigenvalue weighted by molar-refractivity contribution is 0.0404. The number of ether oxygens (including phenoxy) is 2. The van der Waals surface area contributed by atoms with Crippen LogP contribution in [0, 0.1) is 0 Å². The molecule has 0 saturated carbocycles. The van der Waals surface area contributed by atoms with Crippen molar-refractivity contribution in [3.05, 3.63) is 0 Å². The van der Waals surface area contributed by atoms with Gasteiger partial charge >= 0.3 is 0 Å². The van der Waals surface area contributed by atoms with E-state index >= 15 is 0 Å². The molecule has 2 saturated heterocycles. The van der Waals surface area contributed by atoms with Gasteiger partial charge in [-0.3, -0.25) is 9.80 Å². The van der Waals surface area contributed by atoms with Gasteiger partial charge in [-0.05, 0) is 13.1 Å². The third-order valence-electron chi connectivity index (χ3n) is 3.60. The van der Waals surface area contributed by atoms with Gasteiger partial charge < -0.3 is 20.4 Å². The van der Waals surface area contributed by atoms with E-state index in [2.05, 4.69) is 37.5 Å². The first-order valence-corrected chi connectivity index (χ1v) is 8.38. The van der Waals surface area contributed by atoms with E-state index < -0.39 is 0 Å². The van der Waals surface area contributed by atoms with Gasteiger partial charge in [0.15, 0.2) is 0 Å². The first-order chi connectivity index (χ1) is 9.78. The smallest absolute Gasteiger partial charge is 0.0594 e. The molecule has 0 atom stereocenters. The Balaban J connectivity index is -0.000000249. The van der Waals surface area contributed by atoms with Crippen LogP contribution in [-0.4, -0.2) is 86.4 Å². The van der Waals surface area contributed by atoms with E-state index in [9.17, 15) is 0 Å². The topological polar surface area (TPSA) is 87.9 Å². The maximum Gasteiger partial charge on any atom is 0.0594 e. The summed E-state index contributed by atoms with van der Waals surface area (Å²) in [6.45, 7) is 19.3. The second-order valence-electron chi connectivity index (χ2n) is 5.09. The average Bonchev–Trinajstić information content (AvgIpc) is 2.57. The summed E-state index contributed by atoms with van der Waals surface area (Å²) in [4.78, 5) is 4.78. The van der Waals surface area contributed by atoms with Crippen molar-refractivity contribution < 1.29 is 20.4 Å². The quantitative estimate of drug-likeness (QED) is 0.769. The number of morpholine rings is 2. The Hall–Kier alpha value is -0.240. The van der Waals surface area contributed by atoms with Gasteiger partial charge in [0, 0.05) is 26.2 Å². The van der Waals surface area contributed by atoms with Crippen molar-refractivity contribution in [2.75, 3.05) is 65.7 Å². The van der Waals surface area contributed by atoms with Gasteiger partial charge in [-0.2, -0.15) is 0 Å². The molecule has 2 aliphatic heterocycles. The van der Waals surface area contributed by atoms with Gasteiger partial charge in [-0.1, -0.05) is 40.5 Å². The first-order valence-electron chi connectivity index (χ1n) is 8.38. The molecule has 0 aromatic rings. The second kappa shape index (κ2) is 20.8. The summed E-state index contributed by atoms with van der Waals surface area (Å²) < 4.78 is 10.3. The molecule has 0 spiro atoms. The third kappa shape index (κ3) is 16.1. The molecule has 6 nitrogen and oxygen atoms in total. The van der Waals surface area contributed by atoms with Gasteiger partial charge in [-0.15, -0.1) is 0 Å². The molecule has 2 rings (SSSR count). The van der Waals surface area contributed by atoms with Gasteiger partial charge in [0.05, 0.1) is 26.4 Å². The summed E-state index contributed by atoms with van der Waals surface area (Å²) in [5.41, 5.74) is 0. The van der Waals surface area contributed by atoms with E-state index in [0.717, 1.165) is 52.6 Å². The minimum Gasteiger partial charge on any atom is -0.412 e. The summed E-state index contributed by atoms with van der Waals surface area (Å²) in [5, 5.41) is 0. The van der Waals surface area contributed by atoms with Crippen LogP contribution in [0.4, 0.5) is 0 Å². The molecule has 0 amide bonds. The molecule has 22 heavy (non-hydrogen) atoms. The lowest BCUT2D eigenvalue weighted by atomic mass is 10.4. The normalized spacial score (nSPS) is 18.5. The monoisotopic (exact) mass is 324 g/mol. The van der Waals surface area contributed by atoms with Gasteiger partial charge in [0.1, 0.15) is 0 Å². The standard InChI is InChI=1S/2C6H13NO.C4H10.2H2O/c2*1-2-7-3-5-8-6-4-7;1-3-4-2;;/h2*2-6H2,1H3;3-4H2,1-2H3;2*1H2. The molecule has 0 aliphatic carbocycles. The number of rotatable bonds is 3. The van der Waals surface area contributed by atoms with Crippen LogP contribution in [0.15, 0.2) is 0 Å². The van der Waals surface area contributed by atoms with E-state index in [-0.39, 0.29) is 11.0 Å². The Bertz CT molecular complexity index is 165. The van der Waals surface area contributed by atoms with Crippen molar-refractivity contribution in [2.45, 2.75) is 40.5 Å². The van der Waals surface area contributed by atoms with Crippen LogP contribution in [-0.2, 0) is 9.47 Å². The SMILES string of the molecule is CCCC.CCN1CCOCC1.CCN1CCOCC1.O.O. The first kappa shape index (κ1) is 26.6. The van der Waals surface area contributed by atoms with Crippen molar-refractivity contribution in [3.8, 4) is 0 Å². The third-order valence-corrected chi connectivity index (χ3v) is 3.60. The zero-order chi connectivity index (χ0) is 15.1. The highest BCUT2D eigenvalue weighted by atomic mass is 16.5. The Morgan fingerprint density at radius 2 is 0.864 bits per heavy atom. The highest BCUT2D eigenvalue weighted by Gasteiger charge is 2.06. The maximum absolute atomic E-state index is 5.16. The Morgan fingerprint density at radius 1 is 0.591 bits per heavy atom. The van der Waals surface area contributed by atoms with Gasteiger partial charge in [-0.25, -0.2) is 0 Å². The summed E-state index contributed by atoms with van der Waals surface area (Å²) in [7, 11) is 0. The fourth-order valence-electron chi connectivity index (χ4n) is 1.83. The molecule has 138 valence electrons. The lowest BCUT2D eigenvalue weighted by Gasteiger charge is -2.24. The van der Waals surface area contributed by atoms with Crippen LogP contribution in [0.25, 0.3) is 0 Å². The summed E-state index contributed by atoms with van der Waals surface area (Å²) >= 11 is 0.